The summed E-state index contributed by atoms with van der Waals surface area (Å²) in [6.07, 6.45) is 12.0. The minimum absolute atomic E-state index is 0. The summed E-state index contributed by atoms with van der Waals surface area (Å²) >= 11 is 0. The van der Waals surface area contributed by atoms with Crippen LogP contribution in [0.3, 0.4) is 0 Å². The van der Waals surface area contributed by atoms with Gasteiger partial charge in [-0.2, -0.15) is 18.2 Å². The van der Waals surface area contributed by atoms with Crippen LogP contribution in [0.5, 0.6) is 11.6 Å². The molecule has 1 aliphatic rings. The summed E-state index contributed by atoms with van der Waals surface area (Å²) in [4.78, 5) is 16.7. The smallest absolute Gasteiger partial charge is 0.224 e. The number of hydrogen-bond donors (Lipinski definition) is 1. The van der Waals surface area contributed by atoms with Gasteiger partial charge in [-0.15, -0.1) is 12.1 Å². The van der Waals surface area contributed by atoms with Gasteiger partial charge >= 0.3 is 0 Å². The predicted molar refractivity (Wildman–Crippen MR) is 184 cm³/mol. The molecule has 1 N–H and O–H groups in total. The minimum atomic E-state index is -0.337. The monoisotopic (exact) mass is 785 g/mol. The van der Waals surface area contributed by atoms with E-state index in [1.165, 1.54) is 59.0 Å². The third kappa shape index (κ3) is 8.23. The Balaban J connectivity index is 0.000000270. The van der Waals surface area contributed by atoms with E-state index in [2.05, 4.69) is 48.3 Å². The van der Waals surface area contributed by atoms with Gasteiger partial charge in [0.2, 0.25) is 5.88 Å². The van der Waals surface area contributed by atoms with Crippen molar-refractivity contribution in [2.45, 2.75) is 106 Å². The number of ether oxygens (including phenoxy) is 1. The maximum absolute atomic E-state index is 12.2. The number of aryl methyl sites for hydroxylation is 1. The first-order chi connectivity index (χ1) is 21.1. The largest absolute Gasteiger partial charge is 0.512 e. The number of carbonyl (C=O) groups is 1. The third-order valence-corrected chi connectivity index (χ3v) is 10.4. The van der Waals surface area contributed by atoms with Crippen LogP contribution in [-0.2, 0) is 24.9 Å². The molecule has 243 valence electrons. The van der Waals surface area contributed by atoms with Crippen LogP contribution in [0.25, 0.3) is 21.5 Å². The van der Waals surface area contributed by atoms with Crippen molar-refractivity contribution in [3.63, 3.8) is 0 Å². The Bertz CT molecular complexity index is 1600. The fourth-order valence-corrected chi connectivity index (χ4v) is 6.05. The molecule has 3 aromatic carbocycles. The van der Waals surface area contributed by atoms with Crippen molar-refractivity contribution in [3.05, 3.63) is 89.8 Å². The number of pyridine rings is 1. The van der Waals surface area contributed by atoms with Gasteiger partial charge in [0.15, 0.2) is 5.78 Å². The van der Waals surface area contributed by atoms with Gasteiger partial charge in [-0.05, 0) is 90.8 Å². The molecule has 0 aliphatic heterocycles. The molecule has 45 heavy (non-hydrogen) atoms. The van der Waals surface area contributed by atoms with Gasteiger partial charge in [-0.3, -0.25) is 4.79 Å². The van der Waals surface area contributed by atoms with Crippen molar-refractivity contribution in [1.82, 2.24) is 4.98 Å². The van der Waals surface area contributed by atoms with Crippen LogP contribution in [0.2, 0.25) is 0 Å². The molecule has 0 bridgehead atoms. The van der Waals surface area contributed by atoms with Crippen molar-refractivity contribution in [3.8, 4) is 11.6 Å². The number of hydrogen-bond acceptors (Lipinski definition) is 4. The molecule has 0 unspecified atom stereocenters. The summed E-state index contributed by atoms with van der Waals surface area (Å²) in [5.41, 5.74) is 2.08. The molecule has 1 aromatic heterocycles. The van der Waals surface area contributed by atoms with E-state index in [1.54, 1.807) is 0 Å². The van der Waals surface area contributed by atoms with Crippen molar-refractivity contribution >= 4 is 27.3 Å². The molecule has 0 amide bonds. The summed E-state index contributed by atoms with van der Waals surface area (Å²) in [6, 6.07) is 22.1. The van der Waals surface area contributed by atoms with E-state index in [9.17, 15) is 9.90 Å². The summed E-state index contributed by atoms with van der Waals surface area (Å²) in [7, 11) is 0. The van der Waals surface area contributed by atoms with E-state index < -0.39 is 0 Å². The van der Waals surface area contributed by atoms with Gasteiger partial charge in [0.25, 0.3) is 0 Å². The number of benzene rings is 3. The van der Waals surface area contributed by atoms with Gasteiger partial charge in [0.1, 0.15) is 5.76 Å². The summed E-state index contributed by atoms with van der Waals surface area (Å²) in [6.45, 7) is 14.2. The number of fused-ring (bicyclic) bond motifs is 2. The number of aliphatic hydroxyl groups is 1. The average molecular weight is 785 g/mol. The molecule has 0 atom stereocenters. The molecule has 1 radical (unpaired) electrons. The first-order valence-electron chi connectivity index (χ1n) is 16.5. The minimum Gasteiger partial charge on any atom is -0.512 e. The number of aromatic nitrogens is 1. The number of rotatable bonds is 10. The fraction of sp³-hybridized carbons (Fsp3) is 0.450. The molecule has 0 spiro atoms. The van der Waals surface area contributed by atoms with E-state index >= 15 is 0 Å². The Kier molecular flexibility index (Phi) is 13.0. The van der Waals surface area contributed by atoms with Crippen molar-refractivity contribution in [1.29, 1.82) is 0 Å². The molecular weight excluding hydrogens is 735 g/mol. The van der Waals surface area contributed by atoms with Gasteiger partial charge in [-0.1, -0.05) is 72.6 Å². The number of aliphatic hydroxyl groups excluding tert-OH is 1. The Morgan fingerprint density at radius 3 is 2.20 bits per heavy atom. The first-order valence-corrected chi connectivity index (χ1v) is 16.5. The number of para-hydroxylation sites is 1. The number of ketones is 1. The van der Waals surface area contributed by atoms with Gasteiger partial charge in [0.05, 0.1) is 0 Å². The molecule has 1 aliphatic carbocycles. The van der Waals surface area contributed by atoms with E-state index in [0.29, 0.717) is 17.5 Å². The number of allylic oxidation sites excluding steroid dienone is 2. The van der Waals surface area contributed by atoms with Crippen molar-refractivity contribution in [2.24, 2.45) is 10.8 Å². The van der Waals surface area contributed by atoms with E-state index in [4.69, 9.17) is 4.74 Å². The van der Waals surface area contributed by atoms with Gasteiger partial charge in [0, 0.05) is 54.3 Å². The average Bonchev–Trinajstić information content (AvgIpc) is 3.60. The maximum Gasteiger partial charge on any atom is 0.224 e. The van der Waals surface area contributed by atoms with Crippen LogP contribution in [0.4, 0.5) is 0 Å². The summed E-state index contributed by atoms with van der Waals surface area (Å²) < 4.78 is 6.06. The van der Waals surface area contributed by atoms with Crippen LogP contribution in [0.15, 0.2) is 72.6 Å². The fourth-order valence-electron chi connectivity index (χ4n) is 6.05. The SMILES string of the molecule is CCC(C)(CC)C(=O)/C=C(\O)C(C)(CC)CC.Cc1cnc(Oc2[c-]cccc2)c2cc3cccc(C4CCCC4)c3cc12.[Ir]. The van der Waals surface area contributed by atoms with Crippen molar-refractivity contribution in [2.75, 3.05) is 0 Å². The maximum atomic E-state index is 12.2. The molecule has 4 nitrogen and oxygen atoms in total. The van der Waals surface area contributed by atoms with Gasteiger partial charge in [-0.25, -0.2) is 4.98 Å². The molecule has 5 rings (SSSR count). The molecular formula is C40H50IrNO3-. The predicted octanol–water partition coefficient (Wildman–Crippen LogP) is 11.6. The second kappa shape index (κ2) is 16.0. The zero-order chi connectivity index (χ0) is 31.9. The second-order valence-corrected chi connectivity index (χ2v) is 13.0. The van der Waals surface area contributed by atoms with E-state index in [0.717, 1.165) is 31.1 Å². The van der Waals surface area contributed by atoms with Crippen LogP contribution in [0, 0.1) is 23.8 Å². The van der Waals surface area contributed by atoms with Crippen LogP contribution < -0.4 is 4.74 Å². The standard InChI is InChI=1S/C25H22NO.C15H28O2.Ir/c1-17-16-26-25(27-20-11-3-2-4-12-20)24-14-19-10-7-13-21(18-8-5-6-9-18)23(19)15-22(17)24;1-7-14(5,8-2)12(16)11-13(17)15(6,9-3)10-4;/h2-4,7,10-11,13-16,18H,5-6,8-9H2,1H3;11,16H,7-10H2,1-6H3;/q-1;;/b;12-11-;. The van der Waals surface area contributed by atoms with Gasteiger partial charge < -0.3 is 9.84 Å². The zero-order valence-corrected chi connectivity index (χ0v) is 30.5. The van der Waals surface area contributed by atoms with Crippen molar-refractivity contribution < 1.29 is 34.7 Å². The molecule has 1 fully saturated rings. The topological polar surface area (TPSA) is 59.4 Å². The Hall–Kier alpha value is -3.01. The molecule has 4 aromatic rings. The Labute approximate surface area is 284 Å². The number of carbonyl (C=O) groups excluding carboxylic acids is 1. The van der Waals surface area contributed by atoms with E-state index in [1.807, 2.05) is 72.0 Å². The van der Waals surface area contributed by atoms with Crippen LogP contribution >= 0.6 is 0 Å². The van der Waals surface area contributed by atoms with Crippen LogP contribution in [-0.4, -0.2) is 15.9 Å². The quantitative estimate of drug-likeness (QED) is 0.0753. The first kappa shape index (κ1) is 36.5. The Morgan fingerprint density at radius 2 is 1.60 bits per heavy atom. The molecule has 1 heterocycles. The molecule has 0 saturated heterocycles. The molecule has 5 heteroatoms. The normalized spacial score (nSPS) is 14.2. The zero-order valence-electron chi connectivity index (χ0n) is 28.1. The Morgan fingerprint density at radius 1 is 0.933 bits per heavy atom. The van der Waals surface area contributed by atoms with Crippen LogP contribution in [0.1, 0.15) is 110 Å². The van der Waals surface area contributed by atoms with E-state index in [-0.39, 0.29) is 42.5 Å². The summed E-state index contributed by atoms with van der Waals surface area (Å²) in [5.74, 6) is 2.32. The second-order valence-electron chi connectivity index (χ2n) is 13.0. The molecule has 1 saturated carbocycles. The third-order valence-electron chi connectivity index (χ3n) is 10.4. The number of nitrogens with zero attached hydrogens (tertiary/aromatic N) is 1. The summed E-state index contributed by atoms with van der Waals surface area (Å²) in [5, 5.41) is 15.1.